The van der Waals surface area contributed by atoms with Gasteiger partial charge in [-0.2, -0.15) is 0 Å². The molecule has 2 aromatic carbocycles. The Kier molecular flexibility index (Phi) is 4.86. The van der Waals surface area contributed by atoms with Crippen molar-refractivity contribution in [3.8, 4) is 0 Å². The third-order valence-corrected chi connectivity index (χ3v) is 4.78. The van der Waals surface area contributed by atoms with E-state index in [0.717, 1.165) is 27.8 Å². The van der Waals surface area contributed by atoms with Crippen LogP contribution in [0.3, 0.4) is 0 Å². The standard InChI is InChI=1S/C20H18FNOS/c1-22-20(23)11-15-10-14(18-8-5-16(21)12-19(15)18)9-13-3-6-17(24-2)7-4-13/h3-10,12H,11H2,1-2H3,(H,22,23)/b14-9+. The molecule has 1 aliphatic carbocycles. The second-order valence-corrected chi connectivity index (χ2v) is 6.46. The molecule has 0 saturated heterocycles. The summed E-state index contributed by atoms with van der Waals surface area (Å²) >= 11 is 1.70. The molecule has 24 heavy (non-hydrogen) atoms. The molecule has 0 saturated carbocycles. The van der Waals surface area contributed by atoms with Gasteiger partial charge in [0.2, 0.25) is 5.91 Å². The van der Waals surface area contributed by atoms with Crippen LogP contribution in [0.5, 0.6) is 0 Å². The number of carbonyl (C=O) groups excluding carboxylic acids is 1. The van der Waals surface area contributed by atoms with E-state index in [0.29, 0.717) is 0 Å². The quantitative estimate of drug-likeness (QED) is 0.824. The van der Waals surface area contributed by atoms with E-state index in [4.69, 9.17) is 0 Å². The van der Waals surface area contributed by atoms with Crippen molar-refractivity contribution in [1.29, 1.82) is 0 Å². The normalized spacial score (nSPS) is 14.5. The topological polar surface area (TPSA) is 29.1 Å². The fraction of sp³-hybridized carbons (Fsp3) is 0.150. The Bertz CT molecular complexity index is 837. The molecule has 3 rings (SSSR count). The van der Waals surface area contributed by atoms with E-state index >= 15 is 0 Å². The minimum Gasteiger partial charge on any atom is -0.359 e. The summed E-state index contributed by atoms with van der Waals surface area (Å²) in [4.78, 5) is 12.9. The summed E-state index contributed by atoms with van der Waals surface area (Å²) in [5.41, 5.74) is 4.68. The monoisotopic (exact) mass is 339 g/mol. The van der Waals surface area contributed by atoms with Crippen molar-refractivity contribution < 1.29 is 9.18 Å². The second kappa shape index (κ2) is 7.05. The highest BCUT2D eigenvalue weighted by atomic mass is 32.2. The Hall–Kier alpha value is -2.33. The maximum atomic E-state index is 13.6. The van der Waals surface area contributed by atoms with Gasteiger partial charge in [-0.15, -0.1) is 11.8 Å². The predicted molar refractivity (Wildman–Crippen MR) is 99.2 cm³/mol. The van der Waals surface area contributed by atoms with Crippen molar-refractivity contribution in [2.75, 3.05) is 13.3 Å². The highest BCUT2D eigenvalue weighted by molar-refractivity contribution is 7.98. The van der Waals surface area contributed by atoms with Gasteiger partial charge >= 0.3 is 0 Å². The number of amides is 1. The van der Waals surface area contributed by atoms with E-state index in [-0.39, 0.29) is 18.1 Å². The molecule has 1 amide bonds. The molecule has 0 aromatic heterocycles. The van der Waals surface area contributed by atoms with Gasteiger partial charge in [-0.05, 0) is 70.5 Å². The van der Waals surface area contributed by atoms with Crippen LogP contribution in [0.4, 0.5) is 4.39 Å². The number of fused-ring (bicyclic) bond motifs is 1. The fourth-order valence-electron chi connectivity index (χ4n) is 2.78. The number of allylic oxidation sites excluding steroid dienone is 2. The zero-order valence-electron chi connectivity index (χ0n) is 13.6. The SMILES string of the molecule is CNC(=O)CC1=C/C(=C\c2ccc(SC)cc2)c2ccc(F)cc21. The van der Waals surface area contributed by atoms with Crippen molar-refractivity contribution in [3.63, 3.8) is 0 Å². The third-order valence-electron chi connectivity index (χ3n) is 4.04. The van der Waals surface area contributed by atoms with E-state index in [1.54, 1.807) is 24.9 Å². The van der Waals surface area contributed by atoms with Crippen LogP contribution < -0.4 is 5.32 Å². The molecule has 1 N–H and O–H groups in total. The lowest BCUT2D eigenvalue weighted by Gasteiger charge is -2.05. The number of thioether (sulfide) groups is 1. The number of benzene rings is 2. The number of hydrogen-bond acceptors (Lipinski definition) is 2. The van der Waals surface area contributed by atoms with E-state index in [9.17, 15) is 9.18 Å². The van der Waals surface area contributed by atoms with Gasteiger partial charge in [-0.3, -0.25) is 4.79 Å². The number of halogens is 1. The molecule has 0 bridgehead atoms. The van der Waals surface area contributed by atoms with Gasteiger partial charge in [0, 0.05) is 11.9 Å². The van der Waals surface area contributed by atoms with E-state index in [2.05, 4.69) is 35.7 Å². The first-order chi connectivity index (χ1) is 11.6. The van der Waals surface area contributed by atoms with Crippen LogP contribution in [0.15, 0.2) is 53.4 Å². The summed E-state index contributed by atoms with van der Waals surface area (Å²) in [5.74, 6) is -0.371. The highest BCUT2D eigenvalue weighted by Crippen LogP contribution is 2.38. The van der Waals surface area contributed by atoms with Crippen molar-refractivity contribution >= 4 is 34.9 Å². The number of rotatable bonds is 4. The van der Waals surface area contributed by atoms with Crippen LogP contribution in [0.2, 0.25) is 0 Å². The van der Waals surface area contributed by atoms with Crippen LogP contribution in [0.1, 0.15) is 23.1 Å². The predicted octanol–water partition coefficient (Wildman–Crippen LogP) is 4.62. The van der Waals surface area contributed by atoms with E-state index in [1.165, 1.54) is 17.0 Å². The second-order valence-electron chi connectivity index (χ2n) is 5.58. The highest BCUT2D eigenvalue weighted by Gasteiger charge is 2.20. The minimum atomic E-state index is -0.290. The Morgan fingerprint density at radius 3 is 2.58 bits per heavy atom. The van der Waals surface area contributed by atoms with Crippen molar-refractivity contribution in [3.05, 3.63) is 71.0 Å². The first kappa shape index (κ1) is 16.5. The molecule has 0 fully saturated rings. The van der Waals surface area contributed by atoms with Gasteiger partial charge in [-0.1, -0.05) is 18.2 Å². The zero-order valence-corrected chi connectivity index (χ0v) is 14.4. The fourth-order valence-corrected chi connectivity index (χ4v) is 3.19. The van der Waals surface area contributed by atoms with Gasteiger partial charge < -0.3 is 5.32 Å². The molecule has 4 heteroatoms. The first-order valence-corrected chi connectivity index (χ1v) is 8.90. The summed E-state index contributed by atoms with van der Waals surface area (Å²) in [6, 6.07) is 13.0. The number of hydrogen-bond donors (Lipinski definition) is 1. The lowest BCUT2D eigenvalue weighted by Crippen LogP contribution is -2.17. The molecular formula is C20H18FNOS. The lowest BCUT2D eigenvalue weighted by atomic mass is 10.0. The maximum absolute atomic E-state index is 13.6. The zero-order chi connectivity index (χ0) is 17.1. The molecular weight excluding hydrogens is 321 g/mol. The molecule has 0 unspecified atom stereocenters. The summed E-state index contributed by atoms with van der Waals surface area (Å²) in [7, 11) is 1.61. The average Bonchev–Trinajstić information content (AvgIpc) is 2.92. The van der Waals surface area contributed by atoms with Gasteiger partial charge in [0.05, 0.1) is 6.42 Å². The summed E-state index contributed by atoms with van der Waals surface area (Å²) in [6.45, 7) is 0. The Labute approximate surface area is 145 Å². The van der Waals surface area contributed by atoms with Gasteiger partial charge in [0.15, 0.2) is 0 Å². The van der Waals surface area contributed by atoms with Crippen LogP contribution in [0.25, 0.3) is 17.2 Å². The minimum absolute atomic E-state index is 0.0814. The molecule has 122 valence electrons. The molecule has 2 nitrogen and oxygen atoms in total. The maximum Gasteiger partial charge on any atom is 0.224 e. The summed E-state index contributed by atoms with van der Waals surface area (Å²) < 4.78 is 13.6. The van der Waals surface area contributed by atoms with Crippen LogP contribution in [-0.4, -0.2) is 19.2 Å². The molecule has 1 aliphatic rings. The average molecular weight is 339 g/mol. The van der Waals surface area contributed by atoms with E-state index in [1.807, 2.05) is 12.3 Å². The molecule has 0 atom stereocenters. The van der Waals surface area contributed by atoms with Crippen LogP contribution in [0, 0.1) is 5.82 Å². The molecule has 2 aromatic rings. The van der Waals surface area contributed by atoms with Crippen molar-refractivity contribution in [2.24, 2.45) is 0 Å². The third kappa shape index (κ3) is 3.44. The molecule has 0 spiro atoms. The van der Waals surface area contributed by atoms with Crippen LogP contribution in [-0.2, 0) is 4.79 Å². The first-order valence-electron chi connectivity index (χ1n) is 7.68. The Morgan fingerprint density at radius 2 is 1.92 bits per heavy atom. The molecule has 0 radical (unpaired) electrons. The van der Waals surface area contributed by atoms with E-state index < -0.39 is 0 Å². The van der Waals surface area contributed by atoms with Crippen molar-refractivity contribution in [2.45, 2.75) is 11.3 Å². The van der Waals surface area contributed by atoms with Gasteiger partial charge in [0.25, 0.3) is 0 Å². The Morgan fingerprint density at radius 1 is 1.17 bits per heavy atom. The lowest BCUT2D eigenvalue weighted by molar-refractivity contribution is -0.119. The van der Waals surface area contributed by atoms with Gasteiger partial charge in [0.1, 0.15) is 5.82 Å². The summed E-state index contributed by atoms with van der Waals surface area (Å²) in [6.07, 6.45) is 6.33. The number of nitrogens with one attached hydrogen (secondary N) is 1. The summed E-state index contributed by atoms with van der Waals surface area (Å²) in [5, 5.41) is 2.62. The smallest absolute Gasteiger partial charge is 0.224 e. The van der Waals surface area contributed by atoms with Crippen molar-refractivity contribution in [1.82, 2.24) is 5.32 Å². The molecule has 0 heterocycles. The van der Waals surface area contributed by atoms with Crippen LogP contribution >= 0.6 is 11.8 Å². The van der Waals surface area contributed by atoms with Gasteiger partial charge in [-0.25, -0.2) is 4.39 Å². The number of carbonyl (C=O) groups is 1. The largest absolute Gasteiger partial charge is 0.359 e. The Balaban J connectivity index is 2.01. The molecule has 0 aliphatic heterocycles.